The predicted octanol–water partition coefficient (Wildman–Crippen LogP) is 5.08. The van der Waals surface area contributed by atoms with Gasteiger partial charge in [-0.2, -0.15) is 0 Å². The Morgan fingerprint density at radius 2 is 1.73 bits per heavy atom. The quantitative estimate of drug-likeness (QED) is 0.649. The number of anilines is 2. The van der Waals surface area contributed by atoms with Crippen LogP contribution in [0.2, 0.25) is 0 Å². The van der Waals surface area contributed by atoms with E-state index in [1.165, 1.54) is 16.7 Å². The highest BCUT2D eigenvalue weighted by Gasteiger charge is 2.20. The van der Waals surface area contributed by atoms with Crippen LogP contribution in [-0.2, 0) is 0 Å². The molecule has 4 rings (SSSR count). The fourth-order valence-electron chi connectivity index (χ4n) is 3.26. The zero-order chi connectivity index (χ0) is 18.5. The number of piperidine rings is 1. The van der Waals surface area contributed by atoms with Gasteiger partial charge in [-0.05, 0) is 43.0 Å². The lowest BCUT2D eigenvalue weighted by Gasteiger charge is -2.27. The van der Waals surface area contributed by atoms with Crippen molar-refractivity contribution in [1.82, 2.24) is 13.9 Å². The van der Waals surface area contributed by atoms with E-state index in [-0.39, 0.29) is 12.3 Å². The van der Waals surface area contributed by atoms with Gasteiger partial charge < -0.3 is 10.6 Å². The van der Waals surface area contributed by atoms with E-state index in [2.05, 4.69) is 14.9 Å². The van der Waals surface area contributed by atoms with Gasteiger partial charge in [-0.1, -0.05) is 26.0 Å². The summed E-state index contributed by atoms with van der Waals surface area (Å²) in [6.07, 6.45) is 5.10. The molecule has 0 saturated carbocycles. The molecule has 0 aliphatic carbocycles. The minimum absolute atomic E-state index is 0.163. The first kappa shape index (κ1) is 18.5. The standard InChI is InChI=1S/C17H18FN5S.C2H6/c18-24-23-15(12-4-6-13(19)7-5-12)10-14-16(20-11-21-17(14)23)22-8-2-1-3-9-22;1-2/h4-7,10-11H,1-3,8-9,19H2;1-2H3. The molecule has 3 aromatic rings. The Balaban J connectivity index is 0.000000948. The van der Waals surface area contributed by atoms with Crippen molar-refractivity contribution in [3.05, 3.63) is 36.7 Å². The summed E-state index contributed by atoms with van der Waals surface area (Å²) in [6.45, 7) is 5.97. The number of halogens is 1. The number of hydrogen-bond donors (Lipinski definition) is 1. The van der Waals surface area contributed by atoms with E-state index in [1.807, 2.05) is 44.2 Å². The Hall–Kier alpha value is -2.28. The summed E-state index contributed by atoms with van der Waals surface area (Å²) in [4.78, 5) is 11.1. The predicted molar refractivity (Wildman–Crippen MR) is 109 cm³/mol. The van der Waals surface area contributed by atoms with Gasteiger partial charge in [0.15, 0.2) is 18.0 Å². The van der Waals surface area contributed by atoms with E-state index in [4.69, 9.17) is 5.73 Å². The maximum absolute atomic E-state index is 13.7. The molecule has 2 aromatic heterocycles. The topological polar surface area (TPSA) is 60.0 Å². The van der Waals surface area contributed by atoms with Crippen molar-refractivity contribution < 1.29 is 3.89 Å². The number of aromatic nitrogens is 3. The molecule has 1 fully saturated rings. The second-order valence-electron chi connectivity index (χ2n) is 6.00. The van der Waals surface area contributed by atoms with E-state index in [0.717, 1.165) is 48.4 Å². The minimum atomic E-state index is 0.163. The van der Waals surface area contributed by atoms with Crippen molar-refractivity contribution in [3.63, 3.8) is 0 Å². The Labute approximate surface area is 157 Å². The second-order valence-corrected chi connectivity index (χ2v) is 6.50. The highest BCUT2D eigenvalue weighted by atomic mass is 32.2. The molecule has 0 radical (unpaired) electrons. The van der Waals surface area contributed by atoms with Gasteiger partial charge in [0.05, 0.1) is 11.1 Å². The van der Waals surface area contributed by atoms with Crippen LogP contribution in [-0.4, -0.2) is 27.0 Å². The number of nitrogen functional groups attached to an aromatic ring is 1. The zero-order valence-corrected chi connectivity index (χ0v) is 16.0. The number of nitrogens with two attached hydrogens (primary N) is 1. The molecule has 3 heterocycles. The monoisotopic (exact) mass is 373 g/mol. The molecule has 5 nitrogen and oxygen atoms in total. The van der Waals surface area contributed by atoms with Crippen molar-refractivity contribution in [2.75, 3.05) is 23.7 Å². The lowest BCUT2D eigenvalue weighted by atomic mass is 10.1. The van der Waals surface area contributed by atoms with Crippen molar-refractivity contribution in [1.29, 1.82) is 0 Å². The smallest absolute Gasteiger partial charge is 0.171 e. The maximum Gasteiger partial charge on any atom is 0.171 e. The van der Waals surface area contributed by atoms with E-state index in [9.17, 15) is 3.89 Å². The van der Waals surface area contributed by atoms with Crippen molar-refractivity contribution in [3.8, 4) is 11.3 Å². The summed E-state index contributed by atoms with van der Waals surface area (Å²) in [7, 11) is 0. The van der Waals surface area contributed by atoms with Gasteiger partial charge >= 0.3 is 0 Å². The molecule has 7 heteroatoms. The molecule has 26 heavy (non-hydrogen) atoms. The van der Waals surface area contributed by atoms with Crippen LogP contribution >= 0.6 is 12.3 Å². The summed E-state index contributed by atoms with van der Waals surface area (Å²) in [6, 6.07) is 9.39. The molecule has 0 spiro atoms. The summed E-state index contributed by atoms with van der Waals surface area (Å²) in [5, 5.41) is 0.886. The number of nitrogens with zero attached hydrogens (tertiary/aromatic N) is 4. The summed E-state index contributed by atoms with van der Waals surface area (Å²) >= 11 is 0.163. The fourth-order valence-corrected chi connectivity index (χ4v) is 3.70. The highest BCUT2D eigenvalue weighted by Crippen LogP contribution is 2.35. The first-order valence-corrected chi connectivity index (χ1v) is 9.71. The molecular weight excluding hydrogens is 349 g/mol. The fraction of sp³-hybridized carbons (Fsp3) is 0.368. The molecule has 1 aromatic carbocycles. The number of fused-ring (bicyclic) bond motifs is 1. The van der Waals surface area contributed by atoms with Gasteiger partial charge in [-0.15, -0.1) is 3.89 Å². The minimum Gasteiger partial charge on any atom is -0.399 e. The first-order chi connectivity index (χ1) is 12.8. The normalized spacial score (nSPS) is 14.2. The van der Waals surface area contributed by atoms with Gasteiger partial charge in [0.2, 0.25) is 0 Å². The molecule has 1 saturated heterocycles. The SMILES string of the molecule is CC.Nc1ccc(-c2cc3c(N4CCCCC4)ncnc3n2SF)cc1. The average molecular weight is 374 g/mol. The Bertz CT molecular complexity index is 856. The van der Waals surface area contributed by atoms with Crippen LogP contribution in [0.15, 0.2) is 36.7 Å². The molecule has 0 amide bonds. The average Bonchev–Trinajstić information content (AvgIpc) is 3.09. The molecule has 0 unspecified atom stereocenters. The Morgan fingerprint density at radius 3 is 2.38 bits per heavy atom. The third kappa shape index (κ3) is 3.49. The van der Waals surface area contributed by atoms with Gasteiger partial charge in [0.1, 0.15) is 12.1 Å². The van der Waals surface area contributed by atoms with E-state index in [0.29, 0.717) is 11.3 Å². The summed E-state index contributed by atoms with van der Waals surface area (Å²) < 4.78 is 15.2. The Kier molecular flexibility index (Phi) is 5.98. The molecule has 1 aliphatic heterocycles. The summed E-state index contributed by atoms with van der Waals surface area (Å²) in [5.74, 6) is 0.893. The van der Waals surface area contributed by atoms with Crippen LogP contribution in [0, 0.1) is 0 Å². The van der Waals surface area contributed by atoms with Gasteiger partial charge in [-0.3, -0.25) is 0 Å². The summed E-state index contributed by atoms with van der Waals surface area (Å²) in [5.41, 5.74) is 8.70. The van der Waals surface area contributed by atoms with Gasteiger partial charge in [0, 0.05) is 18.8 Å². The van der Waals surface area contributed by atoms with Gasteiger partial charge in [0.25, 0.3) is 0 Å². The number of benzene rings is 1. The van der Waals surface area contributed by atoms with Crippen LogP contribution in [0.1, 0.15) is 33.1 Å². The lowest BCUT2D eigenvalue weighted by Crippen LogP contribution is -2.30. The molecule has 0 atom stereocenters. The van der Waals surface area contributed by atoms with E-state index >= 15 is 0 Å². The number of hydrogen-bond acceptors (Lipinski definition) is 5. The van der Waals surface area contributed by atoms with Crippen LogP contribution in [0.3, 0.4) is 0 Å². The largest absolute Gasteiger partial charge is 0.399 e. The van der Waals surface area contributed by atoms with Crippen LogP contribution in [0.5, 0.6) is 0 Å². The maximum atomic E-state index is 13.7. The highest BCUT2D eigenvalue weighted by molar-refractivity contribution is 7.93. The third-order valence-corrected chi connectivity index (χ3v) is 4.97. The third-order valence-electron chi connectivity index (χ3n) is 4.47. The molecule has 2 N–H and O–H groups in total. The van der Waals surface area contributed by atoms with Gasteiger partial charge in [-0.25, -0.2) is 13.9 Å². The number of rotatable bonds is 3. The lowest BCUT2D eigenvalue weighted by molar-refractivity contribution is 0.574. The Morgan fingerprint density at radius 1 is 1.04 bits per heavy atom. The van der Waals surface area contributed by atoms with E-state index < -0.39 is 0 Å². The first-order valence-electron chi connectivity index (χ1n) is 9.04. The van der Waals surface area contributed by atoms with Crippen molar-refractivity contribution in [2.24, 2.45) is 0 Å². The van der Waals surface area contributed by atoms with Crippen LogP contribution in [0.4, 0.5) is 15.4 Å². The van der Waals surface area contributed by atoms with Crippen LogP contribution < -0.4 is 10.6 Å². The zero-order valence-electron chi connectivity index (χ0n) is 15.2. The molecule has 1 aliphatic rings. The van der Waals surface area contributed by atoms with E-state index in [1.54, 1.807) is 0 Å². The van der Waals surface area contributed by atoms with Crippen molar-refractivity contribution >= 4 is 34.9 Å². The molecular formula is C19H24FN5S. The van der Waals surface area contributed by atoms with Crippen LogP contribution in [0.25, 0.3) is 22.3 Å². The molecule has 0 bridgehead atoms. The second kappa shape index (κ2) is 8.40. The molecule has 138 valence electrons. The van der Waals surface area contributed by atoms with Crippen molar-refractivity contribution in [2.45, 2.75) is 33.1 Å².